The van der Waals surface area contributed by atoms with Gasteiger partial charge < -0.3 is 0 Å². The van der Waals surface area contributed by atoms with Crippen LogP contribution in [0.15, 0.2) is 12.1 Å². The molecule has 0 N–H and O–H groups in total. The standard InChI is InChI=1S/C13H18Cl2N2S/c1-13(2)5-6-17(7-8-18-13)9-11-10(14)3-4-12(15)16-11/h3-4H,5-9H2,1-2H3. The fraction of sp³-hybridized carbons (Fsp3) is 0.615. The molecule has 1 saturated heterocycles. The van der Waals surface area contributed by atoms with Crippen LogP contribution in [0.5, 0.6) is 0 Å². The van der Waals surface area contributed by atoms with E-state index in [0.29, 0.717) is 14.9 Å². The SMILES string of the molecule is CC1(C)CCN(Cc2nc(Cl)ccc2Cl)CCS1. The first-order chi connectivity index (χ1) is 8.46. The monoisotopic (exact) mass is 304 g/mol. The van der Waals surface area contributed by atoms with Crippen molar-refractivity contribution in [1.82, 2.24) is 9.88 Å². The maximum Gasteiger partial charge on any atom is 0.129 e. The summed E-state index contributed by atoms with van der Waals surface area (Å²) in [6, 6.07) is 3.55. The van der Waals surface area contributed by atoms with Crippen molar-refractivity contribution in [3.8, 4) is 0 Å². The molecule has 0 spiro atoms. The lowest BCUT2D eigenvalue weighted by Gasteiger charge is -2.22. The van der Waals surface area contributed by atoms with E-state index in [0.717, 1.165) is 31.1 Å². The lowest BCUT2D eigenvalue weighted by Crippen LogP contribution is -2.27. The van der Waals surface area contributed by atoms with Gasteiger partial charge in [-0.3, -0.25) is 4.90 Å². The Labute approximate surface area is 123 Å². The van der Waals surface area contributed by atoms with Gasteiger partial charge in [0.15, 0.2) is 0 Å². The third kappa shape index (κ3) is 4.02. The molecule has 0 aromatic carbocycles. The molecule has 2 nitrogen and oxygen atoms in total. The van der Waals surface area contributed by atoms with Crippen molar-refractivity contribution in [1.29, 1.82) is 0 Å². The van der Waals surface area contributed by atoms with Gasteiger partial charge in [-0.25, -0.2) is 4.98 Å². The van der Waals surface area contributed by atoms with Crippen LogP contribution in [0.25, 0.3) is 0 Å². The van der Waals surface area contributed by atoms with Gasteiger partial charge in [-0.1, -0.05) is 37.0 Å². The number of hydrogen-bond acceptors (Lipinski definition) is 3. The van der Waals surface area contributed by atoms with E-state index in [4.69, 9.17) is 23.2 Å². The zero-order valence-electron chi connectivity index (χ0n) is 10.7. The molecule has 0 unspecified atom stereocenters. The summed E-state index contributed by atoms with van der Waals surface area (Å²) in [5, 5.41) is 1.22. The number of rotatable bonds is 2. The Bertz CT molecular complexity index is 423. The maximum absolute atomic E-state index is 6.16. The number of halogens is 2. The molecular formula is C13H18Cl2N2S. The van der Waals surface area contributed by atoms with Crippen LogP contribution in [0.3, 0.4) is 0 Å². The molecule has 2 heterocycles. The van der Waals surface area contributed by atoms with Crippen LogP contribution in [-0.2, 0) is 6.54 Å². The van der Waals surface area contributed by atoms with Crippen LogP contribution in [0.2, 0.25) is 10.2 Å². The molecule has 0 aliphatic carbocycles. The van der Waals surface area contributed by atoms with Gasteiger partial charge in [0, 0.05) is 23.6 Å². The average Bonchev–Trinajstić information content (AvgIpc) is 2.46. The van der Waals surface area contributed by atoms with E-state index >= 15 is 0 Å². The van der Waals surface area contributed by atoms with E-state index in [1.165, 1.54) is 6.42 Å². The molecule has 1 fully saturated rings. The van der Waals surface area contributed by atoms with Gasteiger partial charge in [-0.2, -0.15) is 11.8 Å². The van der Waals surface area contributed by atoms with Crippen molar-refractivity contribution in [2.24, 2.45) is 0 Å². The van der Waals surface area contributed by atoms with E-state index in [2.05, 4.69) is 23.7 Å². The topological polar surface area (TPSA) is 16.1 Å². The van der Waals surface area contributed by atoms with Crippen molar-refractivity contribution in [2.75, 3.05) is 18.8 Å². The first-order valence-corrected chi connectivity index (χ1v) is 7.88. The van der Waals surface area contributed by atoms with Gasteiger partial charge in [-0.15, -0.1) is 0 Å². The van der Waals surface area contributed by atoms with Crippen LogP contribution in [0.1, 0.15) is 26.0 Å². The minimum absolute atomic E-state index is 0.375. The molecule has 18 heavy (non-hydrogen) atoms. The number of hydrogen-bond donors (Lipinski definition) is 0. The molecule has 0 saturated carbocycles. The predicted molar refractivity (Wildman–Crippen MR) is 80.7 cm³/mol. The number of thioether (sulfide) groups is 1. The lowest BCUT2D eigenvalue weighted by atomic mass is 10.1. The van der Waals surface area contributed by atoms with Crippen LogP contribution >= 0.6 is 35.0 Å². The van der Waals surface area contributed by atoms with Crippen molar-refractivity contribution in [2.45, 2.75) is 31.6 Å². The first-order valence-electron chi connectivity index (χ1n) is 6.13. The van der Waals surface area contributed by atoms with Crippen LogP contribution < -0.4 is 0 Å². The minimum Gasteiger partial charge on any atom is -0.297 e. The Morgan fingerprint density at radius 2 is 2.11 bits per heavy atom. The molecular weight excluding hydrogens is 287 g/mol. The van der Waals surface area contributed by atoms with Crippen molar-refractivity contribution in [3.05, 3.63) is 28.0 Å². The number of nitrogens with zero attached hydrogens (tertiary/aromatic N) is 2. The summed E-state index contributed by atoms with van der Waals surface area (Å²) in [7, 11) is 0. The van der Waals surface area contributed by atoms with Crippen LogP contribution in [0, 0.1) is 0 Å². The van der Waals surface area contributed by atoms with Gasteiger partial charge in [-0.05, 0) is 25.1 Å². The maximum atomic E-state index is 6.16. The molecule has 2 rings (SSSR count). The smallest absolute Gasteiger partial charge is 0.129 e. The van der Waals surface area contributed by atoms with Crippen LogP contribution in [-0.4, -0.2) is 33.5 Å². The van der Waals surface area contributed by atoms with Crippen molar-refractivity contribution < 1.29 is 0 Å². The highest BCUT2D eigenvalue weighted by molar-refractivity contribution is 8.00. The fourth-order valence-corrected chi connectivity index (χ4v) is 3.47. The van der Waals surface area contributed by atoms with E-state index in [1.807, 2.05) is 17.8 Å². The normalized spacial score (nSPS) is 20.7. The molecule has 1 aliphatic rings. The Kier molecular flexibility index (Phi) is 4.81. The second kappa shape index (κ2) is 6.00. The molecule has 0 radical (unpaired) electrons. The lowest BCUT2D eigenvalue weighted by molar-refractivity contribution is 0.273. The molecule has 0 amide bonds. The van der Waals surface area contributed by atoms with Gasteiger partial charge in [0.05, 0.1) is 10.7 Å². The second-order valence-electron chi connectivity index (χ2n) is 5.20. The minimum atomic E-state index is 0.375. The summed E-state index contributed by atoms with van der Waals surface area (Å²) in [6.45, 7) is 7.58. The molecule has 5 heteroatoms. The molecule has 0 bridgehead atoms. The third-order valence-electron chi connectivity index (χ3n) is 3.19. The fourth-order valence-electron chi connectivity index (χ4n) is 2.00. The van der Waals surface area contributed by atoms with E-state index in [9.17, 15) is 0 Å². The Balaban J connectivity index is 2.03. The Morgan fingerprint density at radius 1 is 1.33 bits per heavy atom. The molecule has 1 aromatic rings. The van der Waals surface area contributed by atoms with Crippen molar-refractivity contribution >= 4 is 35.0 Å². The number of aromatic nitrogens is 1. The summed E-state index contributed by atoms with van der Waals surface area (Å²) in [5.41, 5.74) is 0.883. The number of pyridine rings is 1. The zero-order chi connectivity index (χ0) is 13.2. The Morgan fingerprint density at radius 3 is 2.89 bits per heavy atom. The van der Waals surface area contributed by atoms with Gasteiger partial charge in [0.2, 0.25) is 0 Å². The molecule has 0 atom stereocenters. The van der Waals surface area contributed by atoms with Gasteiger partial charge in [0.25, 0.3) is 0 Å². The van der Waals surface area contributed by atoms with E-state index in [-0.39, 0.29) is 0 Å². The average molecular weight is 305 g/mol. The highest BCUT2D eigenvalue weighted by Gasteiger charge is 2.24. The first kappa shape index (κ1) is 14.4. The van der Waals surface area contributed by atoms with Crippen LogP contribution in [0.4, 0.5) is 0 Å². The predicted octanol–water partition coefficient (Wildman–Crippen LogP) is 4.11. The Hall–Kier alpha value is 0.0400. The summed E-state index contributed by atoms with van der Waals surface area (Å²) in [6.07, 6.45) is 1.19. The summed E-state index contributed by atoms with van der Waals surface area (Å²) in [4.78, 5) is 6.73. The van der Waals surface area contributed by atoms with Gasteiger partial charge >= 0.3 is 0 Å². The van der Waals surface area contributed by atoms with Gasteiger partial charge in [0.1, 0.15) is 5.15 Å². The van der Waals surface area contributed by atoms with E-state index in [1.54, 1.807) is 6.07 Å². The molecule has 100 valence electrons. The largest absolute Gasteiger partial charge is 0.297 e. The molecule has 1 aromatic heterocycles. The van der Waals surface area contributed by atoms with E-state index < -0.39 is 0 Å². The highest BCUT2D eigenvalue weighted by atomic mass is 35.5. The summed E-state index contributed by atoms with van der Waals surface area (Å²) in [5.74, 6) is 1.16. The molecule has 1 aliphatic heterocycles. The summed E-state index contributed by atoms with van der Waals surface area (Å²) < 4.78 is 0.375. The van der Waals surface area contributed by atoms with Crippen molar-refractivity contribution in [3.63, 3.8) is 0 Å². The highest BCUT2D eigenvalue weighted by Crippen LogP contribution is 2.31. The summed E-state index contributed by atoms with van der Waals surface area (Å²) >= 11 is 14.1. The quantitative estimate of drug-likeness (QED) is 0.765. The third-order valence-corrected chi connectivity index (χ3v) is 5.12. The zero-order valence-corrected chi connectivity index (χ0v) is 13.1. The second-order valence-corrected chi connectivity index (χ2v) is 7.79.